The van der Waals surface area contributed by atoms with Crippen LogP contribution in [0.2, 0.25) is 0 Å². The van der Waals surface area contributed by atoms with Crippen LogP contribution < -0.4 is 0 Å². The lowest BCUT2D eigenvalue weighted by molar-refractivity contribution is -0.134. The van der Waals surface area contributed by atoms with Gasteiger partial charge in [-0.25, -0.2) is 14.8 Å². The quantitative estimate of drug-likeness (QED) is 0.854. The number of likely N-dealkylation sites (N-methyl/N-ethyl adjacent to an activating group) is 1. The molecule has 1 N–H and O–H groups in total. The number of aromatic carboxylic acids is 1. The van der Waals surface area contributed by atoms with Crippen molar-refractivity contribution < 1.29 is 19.5 Å². The summed E-state index contributed by atoms with van der Waals surface area (Å²) in [5.74, 6) is -1.65. The summed E-state index contributed by atoms with van der Waals surface area (Å²) >= 11 is 0. The molecule has 8 heteroatoms. The van der Waals surface area contributed by atoms with E-state index < -0.39 is 17.9 Å². The Kier molecular flexibility index (Phi) is 5.25. The van der Waals surface area contributed by atoms with Crippen molar-refractivity contribution in [2.24, 2.45) is 0 Å². The molecular formula is C15H20N4O4. The molecule has 2 rings (SSSR count). The van der Waals surface area contributed by atoms with E-state index in [1.807, 2.05) is 13.8 Å². The molecule has 1 saturated heterocycles. The second-order valence-electron chi connectivity index (χ2n) is 5.26. The van der Waals surface area contributed by atoms with Gasteiger partial charge in [0.05, 0.1) is 12.4 Å². The molecular weight excluding hydrogens is 300 g/mol. The topological polar surface area (TPSA) is 104 Å². The van der Waals surface area contributed by atoms with Gasteiger partial charge in [-0.1, -0.05) is 0 Å². The minimum absolute atomic E-state index is 0.0502. The minimum atomic E-state index is -1.20. The Morgan fingerprint density at radius 3 is 2.35 bits per heavy atom. The number of carboxylic acid groups (broad SMARTS) is 1. The highest BCUT2D eigenvalue weighted by atomic mass is 16.4. The number of amides is 2. The molecule has 2 heterocycles. The molecule has 0 saturated carbocycles. The molecule has 124 valence electrons. The maximum absolute atomic E-state index is 12.5. The van der Waals surface area contributed by atoms with Gasteiger partial charge in [-0.3, -0.25) is 9.59 Å². The largest absolute Gasteiger partial charge is 0.476 e. The molecule has 0 spiro atoms. The fourth-order valence-corrected chi connectivity index (χ4v) is 2.71. The Hall–Kier alpha value is -2.51. The first-order valence-corrected chi connectivity index (χ1v) is 7.64. The van der Waals surface area contributed by atoms with Crippen LogP contribution in [0.25, 0.3) is 0 Å². The highest BCUT2D eigenvalue weighted by molar-refractivity contribution is 5.96. The smallest absolute Gasteiger partial charge is 0.356 e. The van der Waals surface area contributed by atoms with E-state index in [-0.39, 0.29) is 17.3 Å². The number of hydrogen-bond acceptors (Lipinski definition) is 5. The number of carbonyl (C=O) groups is 3. The summed E-state index contributed by atoms with van der Waals surface area (Å²) < 4.78 is 0. The van der Waals surface area contributed by atoms with Crippen LogP contribution in [0.15, 0.2) is 12.4 Å². The van der Waals surface area contributed by atoms with Crippen LogP contribution in [0.1, 0.15) is 47.7 Å². The van der Waals surface area contributed by atoms with E-state index in [1.54, 1.807) is 4.90 Å². The first kappa shape index (κ1) is 16.9. The van der Waals surface area contributed by atoms with Gasteiger partial charge in [-0.05, 0) is 26.7 Å². The molecule has 1 unspecified atom stereocenters. The van der Waals surface area contributed by atoms with Crippen LogP contribution in [-0.2, 0) is 4.79 Å². The normalized spacial score (nSPS) is 17.1. The van der Waals surface area contributed by atoms with Crippen molar-refractivity contribution >= 4 is 17.8 Å². The summed E-state index contributed by atoms with van der Waals surface area (Å²) in [5, 5.41) is 8.81. The molecule has 1 fully saturated rings. The zero-order valence-electron chi connectivity index (χ0n) is 13.2. The third kappa shape index (κ3) is 3.46. The molecule has 1 aliphatic heterocycles. The standard InChI is InChI=1S/C15H20N4O4/c1-3-18(4-2)14(21)12-6-5-7-19(12)13(20)10-8-17-11(9-16-10)15(22)23/h8-9,12H,3-7H2,1-2H3,(H,22,23). The lowest BCUT2D eigenvalue weighted by atomic mass is 10.2. The lowest BCUT2D eigenvalue weighted by Gasteiger charge is -2.28. The summed E-state index contributed by atoms with van der Waals surface area (Å²) in [6.07, 6.45) is 3.57. The summed E-state index contributed by atoms with van der Waals surface area (Å²) in [4.78, 5) is 46.6. The van der Waals surface area contributed by atoms with Gasteiger partial charge in [-0.2, -0.15) is 0 Å². The van der Waals surface area contributed by atoms with E-state index in [4.69, 9.17) is 5.11 Å². The minimum Gasteiger partial charge on any atom is -0.476 e. The molecule has 1 atom stereocenters. The molecule has 8 nitrogen and oxygen atoms in total. The fourth-order valence-electron chi connectivity index (χ4n) is 2.71. The maximum atomic E-state index is 12.5. The van der Waals surface area contributed by atoms with Crippen molar-refractivity contribution in [2.75, 3.05) is 19.6 Å². The SMILES string of the molecule is CCN(CC)C(=O)C1CCCN1C(=O)c1cnc(C(=O)O)cn1. The highest BCUT2D eigenvalue weighted by Crippen LogP contribution is 2.21. The number of hydrogen-bond donors (Lipinski definition) is 1. The van der Waals surface area contributed by atoms with Crippen LogP contribution >= 0.6 is 0 Å². The summed E-state index contributed by atoms with van der Waals surface area (Å²) in [5.41, 5.74) is -0.173. The van der Waals surface area contributed by atoms with Crippen molar-refractivity contribution in [3.63, 3.8) is 0 Å². The third-order valence-electron chi connectivity index (χ3n) is 3.96. The molecule has 1 aromatic rings. The Labute approximate surface area is 134 Å². The van der Waals surface area contributed by atoms with E-state index >= 15 is 0 Å². The number of likely N-dealkylation sites (tertiary alicyclic amines) is 1. The molecule has 1 aliphatic rings. The van der Waals surface area contributed by atoms with E-state index in [1.165, 1.54) is 4.90 Å². The van der Waals surface area contributed by atoms with Crippen molar-refractivity contribution in [3.8, 4) is 0 Å². The predicted octanol–water partition coefficient (Wildman–Crippen LogP) is 0.648. The molecule has 0 bridgehead atoms. The predicted molar refractivity (Wildman–Crippen MR) is 81.0 cm³/mol. The van der Waals surface area contributed by atoms with Crippen molar-refractivity contribution in [3.05, 3.63) is 23.8 Å². The average molecular weight is 320 g/mol. The van der Waals surface area contributed by atoms with Crippen LogP contribution in [0.3, 0.4) is 0 Å². The molecule has 23 heavy (non-hydrogen) atoms. The Morgan fingerprint density at radius 2 is 1.83 bits per heavy atom. The van der Waals surface area contributed by atoms with E-state index in [2.05, 4.69) is 9.97 Å². The zero-order chi connectivity index (χ0) is 17.0. The second kappa shape index (κ2) is 7.17. The summed E-state index contributed by atoms with van der Waals surface area (Å²) in [7, 11) is 0. The first-order chi connectivity index (χ1) is 11.0. The van der Waals surface area contributed by atoms with Crippen LogP contribution in [0.5, 0.6) is 0 Å². The van der Waals surface area contributed by atoms with Gasteiger partial charge in [0.2, 0.25) is 5.91 Å². The highest BCUT2D eigenvalue weighted by Gasteiger charge is 2.36. The van der Waals surface area contributed by atoms with E-state index in [9.17, 15) is 14.4 Å². The van der Waals surface area contributed by atoms with Crippen LogP contribution in [-0.4, -0.2) is 68.3 Å². The summed E-state index contributed by atoms with van der Waals surface area (Å²) in [6.45, 7) is 5.48. The first-order valence-electron chi connectivity index (χ1n) is 7.64. The Balaban J connectivity index is 2.17. The monoisotopic (exact) mass is 320 g/mol. The van der Waals surface area contributed by atoms with Crippen LogP contribution in [0.4, 0.5) is 0 Å². The Morgan fingerprint density at radius 1 is 1.22 bits per heavy atom. The van der Waals surface area contributed by atoms with Crippen molar-refractivity contribution in [2.45, 2.75) is 32.7 Å². The van der Waals surface area contributed by atoms with Gasteiger partial charge in [0.15, 0.2) is 5.69 Å². The van der Waals surface area contributed by atoms with Crippen molar-refractivity contribution in [1.29, 1.82) is 0 Å². The van der Waals surface area contributed by atoms with Gasteiger partial charge >= 0.3 is 5.97 Å². The molecule has 0 aromatic carbocycles. The number of carboxylic acids is 1. The fraction of sp³-hybridized carbons (Fsp3) is 0.533. The lowest BCUT2D eigenvalue weighted by Crippen LogP contribution is -2.47. The Bertz CT molecular complexity index is 598. The van der Waals surface area contributed by atoms with Crippen LogP contribution in [0, 0.1) is 0 Å². The second-order valence-corrected chi connectivity index (χ2v) is 5.26. The van der Waals surface area contributed by atoms with Gasteiger partial charge in [0, 0.05) is 19.6 Å². The van der Waals surface area contributed by atoms with E-state index in [0.29, 0.717) is 26.1 Å². The van der Waals surface area contributed by atoms with Gasteiger partial charge in [0.25, 0.3) is 5.91 Å². The van der Waals surface area contributed by atoms with Gasteiger partial charge in [0.1, 0.15) is 11.7 Å². The van der Waals surface area contributed by atoms with Crippen molar-refractivity contribution in [1.82, 2.24) is 19.8 Å². The van der Waals surface area contributed by atoms with E-state index in [0.717, 1.165) is 18.8 Å². The number of aromatic nitrogens is 2. The summed E-state index contributed by atoms with van der Waals surface area (Å²) in [6, 6.07) is -0.483. The zero-order valence-corrected chi connectivity index (χ0v) is 13.2. The third-order valence-corrected chi connectivity index (χ3v) is 3.96. The van der Waals surface area contributed by atoms with Gasteiger partial charge in [-0.15, -0.1) is 0 Å². The molecule has 2 amide bonds. The molecule has 1 aromatic heterocycles. The van der Waals surface area contributed by atoms with Gasteiger partial charge < -0.3 is 14.9 Å². The number of rotatable bonds is 5. The maximum Gasteiger partial charge on any atom is 0.356 e. The molecule has 0 radical (unpaired) electrons. The number of nitrogens with zero attached hydrogens (tertiary/aromatic N) is 4. The number of carbonyl (C=O) groups excluding carboxylic acids is 2. The average Bonchev–Trinajstić information content (AvgIpc) is 3.04. The molecule has 0 aliphatic carbocycles.